The fourth-order valence-corrected chi connectivity index (χ4v) is 1.83. The van der Waals surface area contributed by atoms with E-state index in [9.17, 15) is 22.0 Å². The number of benzene rings is 2. The summed E-state index contributed by atoms with van der Waals surface area (Å²) in [7, 11) is 0. The van der Waals surface area contributed by atoms with Crippen LogP contribution in [0.25, 0.3) is 11.1 Å². The van der Waals surface area contributed by atoms with Crippen LogP contribution in [0.5, 0.6) is 0 Å². The van der Waals surface area contributed by atoms with Gasteiger partial charge in [-0.25, -0.2) is 8.78 Å². The zero-order valence-corrected chi connectivity index (χ0v) is 9.93. The zero-order valence-electron chi connectivity index (χ0n) is 9.93. The Morgan fingerprint density at radius 3 is 2.30 bits per heavy atom. The van der Waals surface area contributed by atoms with Gasteiger partial charge in [0.2, 0.25) is 0 Å². The Kier molecular flexibility index (Phi) is 3.49. The molecule has 2 aromatic carbocycles. The fraction of sp³-hybridized carbons (Fsp3) is 0.0667. The molecule has 0 aliphatic carbocycles. The van der Waals surface area contributed by atoms with Crippen molar-refractivity contribution in [1.29, 1.82) is 0 Å². The van der Waals surface area contributed by atoms with Crippen LogP contribution in [0, 0.1) is 24.0 Å². The fourth-order valence-electron chi connectivity index (χ4n) is 1.83. The molecule has 0 unspecified atom stereocenters. The Balaban J connectivity index is 2.67. The van der Waals surface area contributed by atoms with E-state index in [0.717, 1.165) is 24.3 Å². The minimum absolute atomic E-state index is 0.0507. The minimum atomic E-state index is -4.55. The first kappa shape index (κ1) is 14.1. The topological polar surface area (TPSA) is 0 Å². The number of alkyl halides is 3. The monoisotopic (exact) mass is 282 g/mol. The molecule has 0 nitrogen and oxygen atoms in total. The molecule has 0 aliphatic rings. The van der Waals surface area contributed by atoms with E-state index >= 15 is 0 Å². The quantitative estimate of drug-likeness (QED) is 0.528. The van der Waals surface area contributed by atoms with Crippen LogP contribution in [0.1, 0.15) is 11.1 Å². The normalized spacial score (nSPS) is 11.2. The van der Waals surface area contributed by atoms with Crippen molar-refractivity contribution >= 4 is 0 Å². The van der Waals surface area contributed by atoms with Crippen molar-refractivity contribution in [3.05, 3.63) is 59.2 Å². The lowest BCUT2D eigenvalue weighted by Gasteiger charge is -2.11. The molecule has 0 fully saturated rings. The average molecular weight is 282 g/mol. The van der Waals surface area contributed by atoms with Gasteiger partial charge >= 0.3 is 6.18 Å². The molecule has 5 heteroatoms. The Morgan fingerprint density at radius 2 is 1.70 bits per heavy atom. The summed E-state index contributed by atoms with van der Waals surface area (Å²) in [4.78, 5) is 0. The molecular formula is C15H7F5. The van der Waals surface area contributed by atoms with Gasteiger partial charge in [0, 0.05) is 17.2 Å². The molecule has 0 saturated heterocycles. The van der Waals surface area contributed by atoms with Gasteiger partial charge in [0.1, 0.15) is 11.6 Å². The second-order valence-corrected chi connectivity index (χ2v) is 4.03. The standard InChI is InChI=1S/C15H7F5/c1-2-9-7-12(16)8-13(17)14(9)10-4-3-5-11(6-10)15(18,19)20/h1,3-8H. The molecule has 20 heavy (non-hydrogen) atoms. The number of rotatable bonds is 1. The Bertz CT molecular complexity index is 692. The van der Waals surface area contributed by atoms with E-state index in [0.29, 0.717) is 6.07 Å². The van der Waals surface area contributed by atoms with Gasteiger partial charge in [-0.2, -0.15) is 13.2 Å². The number of halogens is 5. The first-order valence-electron chi connectivity index (χ1n) is 5.46. The van der Waals surface area contributed by atoms with Crippen molar-refractivity contribution in [1.82, 2.24) is 0 Å². The highest BCUT2D eigenvalue weighted by atomic mass is 19.4. The van der Waals surface area contributed by atoms with Gasteiger partial charge in [-0.1, -0.05) is 18.1 Å². The van der Waals surface area contributed by atoms with Gasteiger partial charge in [-0.05, 0) is 23.8 Å². The lowest BCUT2D eigenvalue weighted by atomic mass is 9.97. The molecule has 102 valence electrons. The summed E-state index contributed by atoms with van der Waals surface area (Å²) in [6.45, 7) is 0. The molecule has 0 heterocycles. The van der Waals surface area contributed by atoms with Crippen LogP contribution in [0.3, 0.4) is 0 Å². The van der Waals surface area contributed by atoms with Gasteiger partial charge in [-0.15, -0.1) is 6.42 Å². The summed E-state index contributed by atoms with van der Waals surface area (Å²) in [5.41, 5.74) is -1.34. The van der Waals surface area contributed by atoms with Crippen LogP contribution < -0.4 is 0 Å². The molecule has 2 rings (SSSR count). The van der Waals surface area contributed by atoms with E-state index in [1.165, 1.54) is 6.07 Å². The van der Waals surface area contributed by atoms with Gasteiger partial charge in [0.25, 0.3) is 0 Å². The summed E-state index contributed by atoms with van der Waals surface area (Å²) < 4.78 is 64.8. The average Bonchev–Trinajstić information content (AvgIpc) is 2.36. The van der Waals surface area contributed by atoms with E-state index in [4.69, 9.17) is 6.42 Å². The highest BCUT2D eigenvalue weighted by Crippen LogP contribution is 2.34. The molecule has 0 bridgehead atoms. The molecule has 0 spiro atoms. The third kappa shape index (κ3) is 2.64. The molecule has 0 atom stereocenters. The summed E-state index contributed by atoms with van der Waals surface area (Å²) in [5.74, 6) is 0.187. The predicted octanol–water partition coefficient (Wildman–Crippen LogP) is 4.63. The third-order valence-corrected chi connectivity index (χ3v) is 2.69. The number of hydrogen-bond acceptors (Lipinski definition) is 0. The van der Waals surface area contributed by atoms with Crippen molar-refractivity contribution in [3.63, 3.8) is 0 Å². The number of hydrogen-bond donors (Lipinski definition) is 0. The van der Waals surface area contributed by atoms with Crippen LogP contribution in [0.2, 0.25) is 0 Å². The smallest absolute Gasteiger partial charge is 0.207 e. The summed E-state index contributed by atoms with van der Waals surface area (Å²) >= 11 is 0. The Morgan fingerprint density at radius 1 is 1.00 bits per heavy atom. The Labute approximate surface area is 111 Å². The highest BCUT2D eigenvalue weighted by Gasteiger charge is 2.30. The maximum Gasteiger partial charge on any atom is 0.416 e. The maximum absolute atomic E-state index is 13.8. The van der Waals surface area contributed by atoms with Gasteiger partial charge in [0.15, 0.2) is 0 Å². The van der Waals surface area contributed by atoms with Gasteiger partial charge < -0.3 is 0 Å². The van der Waals surface area contributed by atoms with Crippen LogP contribution in [-0.2, 0) is 6.18 Å². The van der Waals surface area contributed by atoms with Crippen LogP contribution in [0.15, 0.2) is 36.4 Å². The second kappa shape index (κ2) is 4.97. The van der Waals surface area contributed by atoms with Crippen molar-refractivity contribution in [3.8, 4) is 23.5 Å². The van der Waals surface area contributed by atoms with Crippen LogP contribution in [-0.4, -0.2) is 0 Å². The van der Waals surface area contributed by atoms with E-state index in [2.05, 4.69) is 5.92 Å². The summed E-state index contributed by atoms with van der Waals surface area (Å²) in [5, 5.41) is 0. The molecule has 0 amide bonds. The van der Waals surface area contributed by atoms with Crippen LogP contribution in [0.4, 0.5) is 22.0 Å². The summed E-state index contributed by atoms with van der Waals surface area (Å²) in [6.07, 6.45) is 0.591. The molecule has 0 N–H and O–H groups in total. The largest absolute Gasteiger partial charge is 0.416 e. The molecular weight excluding hydrogens is 275 g/mol. The number of terminal acetylenes is 1. The first-order chi connectivity index (χ1) is 9.32. The molecule has 0 saturated carbocycles. The second-order valence-electron chi connectivity index (χ2n) is 4.03. The van der Waals surface area contributed by atoms with Crippen LogP contribution >= 0.6 is 0 Å². The van der Waals surface area contributed by atoms with E-state index in [1.807, 2.05) is 0 Å². The van der Waals surface area contributed by atoms with E-state index in [1.54, 1.807) is 0 Å². The van der Waals surface area contributed by atoms with Crippen molar-refractivity contribution in [2.24, 2.45) is 0 Å². The lowest BCUT2D eigenvalue weighted by molar-refractivity contribution is -0.137. The van der Waals surface area contributed by atoms with E-state index in [-0.39, 0.29) is 16.7 Å². The van der Waals surface area contributed by atoms with Gasteiger partial charge in [-0.3, -0.25) is 0 Å². The maximum atomic E-state index is 13.8. The van der Waals surface area contributed by atoms with E-state index < -0.39 is 23.4 Å². The SMILES string of the molecule is C#Cc1cc(F)cc(F)c1-c1cccc(C(F)(F)F)c1. The minimum Gasteiger partial charge on any atom is -0.207 e. The molecule has 2 aromatic rings. The highest BCUT2D eigenvalue weighted by molar-refractivity contribution is 5.72. The first-order valence-corrected chi connectivity index (χ1v) is 5.46. The van der Waals surface area contributed by atoms with Gasteiger partial charge in [0.05, 0.1) is 5.56 Å². The summed E-state index contributed by atoms with van der Waals surface area (Å²) in [6, 6.07) is 5.54. The third-order valence-electron chi connectivity index (χ3n) is 2.69. The zero-order chi connectivity index (χ0) is 14.9. The van der Waals surface area contributed by atoms with Crippen molar-refractivity contribution in [2.75, 3.05) is 0 Å². The molecule has 0 aromatic heterocycles. The molecule has 0 aliphatic heterocycles. The Hall–Kier alpha value is -2.35. The lowest BCUT2D eigenvalue weighted by Crippen LogP contribution is -2.05. The van der Waals surface area contributed by atoms with Crippen molar-refractivity contribution in [2.45, 2.75) is 6.18 Å². The van der Waals surface area contributed by atoms with Crippen molar-refractivity contribution < 1.29 is 22.0 Å². The predicted molar refractivity (Wildman–Crippen MR) is 64.7 cm³/mol. The molecule has 0 radical (unpaired) electrons.